The van der Waals surface area contributed by atoms with Crippen molar-refractivity contribution in [3.8, 4) is 17.2 Å². The lowest BCUT2D eigenvalue weighted by Crippen LogP contribution is -2.53. The summed E-state index contributed by atoms with van der Waals surface area (Å²) in [6, 6.07) is 18.6. The number of halogens is 3. The monoisotopic (exact) mass is 791 g/mol. The Balaban J connectivity index is 1.34. The van der Waals surface area contributed by atoms with E-state index in [0.717, 1.165) is 15.5 Å². The number of allylic oxidation sites excluding steroid dienone is 2. The van der Waals surface area contributed by atoms with Gasteiger partial charge in [-0.25, -0.2) is 0 Å². The quantitative estimate of drug-likeness (QED) is 0.138. The van der Waals surface area contributed by atoms with E-state index in [2.05, 4.69) is 5.43 Å². The van der Waals surface area contributed by atoms with Gasteiger partial charge in [-0.3, -0.25) is 29.5 Å². The highest BCUT2D eigenvalue weighted by atomic mass is 35.5. The Morgan fingerprint density at radius 2 is 1.68 bits per heavy atom. The zero-order valence-electron chi connectivity index (χ0n) is 28.3. The lowest BCUT2D eigenvalue weighted by atomic mass is 9.49. The summed E-state index contributed by atoms with van der Waals surface area (Å²) in [6.45, 7) is 0.161. The number of benzene rings is 3. The van der Waals surface area contributed by atoms with Crippen molar-refractivity contribution < 1.29 is 33.8 Å². The van der Waals surface area contributed by atoms with Crippen molar-refractivity contribution in [1.29, 1.82) is 0 Å². The summed E-state index contributed by atoms with van der Waals surface area (Å²) in [6.07, 6.45) is 2.31. The molecule has 10 nitrogen and oxygen atoms in total. The molecule has 4 aliphatic rings. The number of rotatable bonds is 8. The second-order valence-electron chi connectivity index (χ2n) is 13.6. The highest BCUT2D eigenvalue weighted by Crippen LogP contribution is 2.65. The van der Waals surface area contributed by atoms with E-state index < -0.39 is 46.8 Å². The molecule has 1 aromatic heterocycles. The molecule has 3 aromatic carbocycles. The summed E-state index contributed by atoms with van der Waals surface area (Å²) in [5.41, 5.74) is 3.40. The minimum absolute atomic E-state index is 0.0221. The number of hydrogen-bond acceptors (Lipinski definition) is 9. The lowest BCUT2D eigenvalue weighted by molar-refractivity contribution is -0.141. The number of nitrogens with one attached hydrogen (secondary N) is 1. The standard InChI is InChI=1S/C39H32Cl3N3O7S/c1-51-22-8-5-20(6-9-22)39-27(36(48)45(38(39)50)43-30-12-7-21(40)16-28(30)41)17-26-24(33(39)19-14-29(42)34(46)31(15-19)52-2)10-11-25-32(26)37(49)44(35(25)47)18-23-4-3-13-53-23/h3-10,12-16,25-27,32-33,43,46H,11,17-18H2,1-2H3/t25-,26+,27-,32-,33-,39+/m0/s1. The summed E-state index contributed by atoms with van der Waals surface area (Å²) < 4.78 is 11.0. The predicted molar refractivity (Wildman–Crippen MR) is 200 cm³/mol. The molecule has 8 rings (SSSR count). The zero-order chi connectivity index (χ0) is 37.3. The van der Waals surface area contributed by atoms with Crippen molar-refractivity contribution in [2.45, 2.75) is 30.7 Å². The second-order valence-corrected chi connectivity index (χ2v) is 15.9. The zero-order valence-corrected chi connectivity index (χ0v) is 31.4. The molecule has 2 aliphatic heterocycles. The second kappa shape index (κ2) is 13.4. The highest BCUT2D eigenvalue weighted by Gasteiger charge is 2.70. The van der Waals surface area contributed by atoms with Gasteiger partial charge in [-0.15, -0.1) is 11.3 Å². The van der Waals surface area contributed by atoms with Gasteiger partial charge in [0.1, 0.15) is 5.75 Å². The first kappa shape index (κ1) is 35.5. The van der Waals surface area contributed by atoms with E-state index in [1.165, 1.54) is 36.5 Å². The minimum atomic E-state index is -1.60. The molecular formula is C39H32Cl3N3O7S. The molecule has 6 atom stereocenters. The number of anilines is 1. The summed E-state index contributed by atoms with van der Waals surface area (Å²) >= 11 is 20.8. The number of amides is 4. The Labute approximate surface area is 323 Å². The number of phenols is 1. The number of carbonyl (C=O) groups excluding carboxylic acids is 4. The molecule has 0 unspecified atom stereocenters. The molecular weight excluding hydrogens is 761 g/mol. The van der Waals surface area contributed by atoms with Crippen LogP contribution in [0.2, 0.25) is 15.1 Å². The number of thiophene rings is 1. The first-order valence-electron chi connectivity index (χ1n) is 16.9. The van der Waals surface area contributed by atoms with Gasteiger partial charge in [0.15, 0.2) is 11.5 Å². The van der Waals surface area contributed by atoms with Crippen molar-refractivity contribution in [2.75, 3.05) is 19.6 Å². The van der Waals surface area contributed by atoms with Crippen molar-refractivity contribution >= 4 is 75.5 Å². The third-order valence-corrected chi connectivity index (χ3v) is 12.9. The Morgan fingerprint density at radius 1 is 0.906 bits per heavy atom. The Kier molecular flexibility index (Phi) is 8.96. The predicted octanol–water partition coefficient (Wildman–Crippen LogP) is 7.62. The van der Waals surface area contributed by atoms with Gasteiger partial charge < -0.3 is 14.6 Å². The Bertz CT molecular complexity index is 2210. The van der Waals surface area contributed by atoms with Gasteiger partial charge in [0, 0.05) is 15.8 Å². The first-order valence-corrected chi connectivity index (χ1v) is 18.9. The van der Waals surface area contributed by atoms with Gasteiger partial charge in [0.05, 0.1) is 59.7 Å². The van der Waals surface area contributed by atoms with Crippen molar-refractivity contribution in [3.63, 3.8) is 0 Å². The molecule has 3 fully saturated rings. The molecule has 1 saturated carbocycles. The Hall–Kier alpha value is -4.55. The van der Waals surface area contributed by atoms with Crippen molar-refractivity contribution in [2.24, 2.45) is 23.7 Å². The first-order chi connectivity index (χ1) is 25.5. The number of nitrogens with zero attached hydrogens (tertiary/aromatic N) is 2. The number of hydrogen-bond donors (Lipinski definition) is 2. The number of ether oxygens (including phenoxy) is 2. The molecule has 4 amide bonds. The van der Waals surface area contributed by atoms with E-state index in [1.54, 1.807) is 48.5 Å². The van der Waals surface area contributed by atoms with E-state index in [1.807, 2.05) is 23.6 Å². The topological polar surface area (TPSA) is 125 Å². The van der Waals surface area contributed by atoms with Gasteiger partial charge in [-0.1, -0.05) is 64.7 Å². The van der Waals surface area contributed by atoms with Crippen LogP contribution in [0.4, 0.5) is 5.69 Å². The molecule has 2 aliphatic carbocycles. The number of likely N-dealkylation sites (tertiary alicyclic amines) is 1. The van der Waals surface area contributed by atoms with Gasteiger partial charge in [0.2, 0.25) is 11.8 Å². The van der Waals surface area contributed by atoms with E-state index in [4.69, 9.17) is 44.3 Å². The van der Waals surface area contributed by atoms with Crippen LogP contribution >= 0.6 is 46.1 Å². The van der Waals surface area contributed by atoms with E-state index >= 15 is 4.79 Å². The van der Waals surface area contributed by atoms with E-state index in [9.17, 15) is 19.5 Å². The molecule has 272 valence electrons. The maximum atomic E-state index is 15.4. The van der Waals surface area contributed by atoms with Gasteiger partial charge in [-0.05, 0) is 83.8 Å². The molecule has 0 radical (unpaired) electrons. The third-order valence-electron chi connectivity index (χ3n) is 11.2. The molecule has 53 heavy (non-hydrogen) atoms. The molecule has 4 aromatic rings. The molecule has 3 heterocycles. The minimum Gasteiger partial charge on any atom is -0.503 e. The number of carbonyl (C=O) groups is 4. The maximum absolute atomic E-state index is 15.4. The van der Waals surface area contributed by atoms with Crippen LogP contribution in [0, 0.1) is 23.7 Å². The van der Waals surface area contributed by atoms with E-state index in [-0.39, 0.29) is 58.4 Å². The van der Waals surface area contributed by atoms with Crippen molar-refractivity contribution in [1.82, 2.24) is 9.91 Å². The van der Waals surface area contributed by atoms with Crippen LogP contribution in [0.5, 0.6) is 17.2 Å². The fourth-order valence-electron chi connectivity index (χ4n) is 8.91. The Morgan fingerprint density at radius 3 is 2.36 bits per heavy atom. The normalized spacial score (nSPS) is 26.3. The van der Waals surface area contributed by atoms with Gasteiger partial charge >= 0.3 is 0 Å². The van der Waals surface area contributed by atoms with Gasteiger partial charge in [-0.2, -0.15) is 5.01 Å². The SMILES string of the molecule is COc1ccc([C@@]23C(=O)N(Nc4ccc(Cl)cc4Cl)C(=O)[C@@H]2C[C@@H]2C(=CC[C@@H]4C(=O)N(Cc5cccs5)C(=O)[C@@H]42)[C@@H]3c2cc(Cl)c(O)c(OC)c2)cc1. The van der Waals surface area contributed by atoms with Crippen LogP contribution in [-0.4, -0.2) is 52.9 Å². The maximum Gasteiger partial charge on any atom is 0.260 e. The summed E-state index contributed by atoms with van der Waals surface area (Å²) in [7, 11) is 2.92. The number of hydrazine groups is 1. The number of phenolic OH excluding ortho intramolecular Hbond substituents is 1. The average Bonchev–Trinajstić information content (AvgIpc) is 3.82. The van der Waals surface area contributed by atoms with Crippen LogP contribution in [0.1, 0.15) is 34.8 Å². The molecule has 0 bridgehead atoms. The average molecular weight is 793 g/mol. The molecule has 2 saturated heterocycles. The summed E-state index contributed by atoms with van der Waals surface area (Å²) in [5.74, 6) is -5.23. The number of methoxy groups -OCH3 is 2. The smallest absolute Gasteiger partial charge is 0.260 e. The highest BCUT2D eigenvalue weighted by molar-refractivity contribution is 7.09. The number of imide groups is 2. The fraction of sp³-hybridized carbons (Fsp3) is 0.282. The van der Waals surface area contributed by atoms with Crippen molar-refractivity contribution in [3.05, 3.63) is 115 Å². The summed E-state index contributed by atoms with van der Waals surface area (Å²) in [4.78, 5) is 60.9. The van der Waals surface area contributed by atoms with Crippen LogP contribution in [0.3, 0.4) is 0 Å². The lowest BCUT2D eigenvalue weighted by Gasteiger charge is -2.50. The number of fused-ring (bicyclic) bond motifs is 4. The van der Waals surface area contributed by atoms with E-state index in [0.29, 0.717) is 21.9 Å². The van der Waals surface area contributed by atoms with Crippen LogP contribution < -0.4 is 14.9 Å². The van der Waals surface area contributed by atoms with Crippen LogP contribution in [0.15, 0.2) is 83.8 Å². The molecule has 14 heteroatoms. The number of aromatic hydroxyl groups is 1. The third kappa shape index (κ3) is 5.42. The molecule has 2 N–H and O–H groups in total. The van der Waals surface area contributed by atoms with Gasteiger partial charge in [0.25, 0.3) is 11.8 Å². The summed E-state index contributed by atoms with van der Waals surface area (Å²) in [5, 5.41) is 14.2. The molecule has 0 spiro atoms. The largest absolute Gasteiger partial charge is 0.503 e. The van der Waals surface area contributed by atoms with Crippen LogP contribution in [-0.2, 0) is 31.1 Å². The van der Waals surface area contributed by atoms with Crippen LogP contribution in [0.25, 0.3) is 0 Å². The fourth-order valence-corrected chi connectivity index (χ4v) is 10.3.